The highest BCUT2D eigenvalue weighted by molar-refractivity contribution is 6.28. The Morgan fingerprint density at radius 2 is 2.42 bits per heavy atom. The molecule has 6 heteroatoms. The SMILES string of the molecule is O=C(NCC1CCCO1)c1ccc2nc(Cl)oc2c1. The van der Waals surface area contributed by atoms with Crippen molar-refractivity contribution in [1.29, 1.82) is 0 Å². The summed E-state index contributed by atoms with van der Waals surface area (Å²) in [6.07, 6.45) is 2.19. The standard InChI is InChI=1S/C13H13ClN2O3/c14-13-16-10-4-3-8(6-11(10)19-13)12(17)15-7-9-2-1-5-18-9/h3-4,6,9H,1-2,5,7H2,(H,15,17). The number of hydrogen-bond donors (Lipinski definition) is 1. The Hall–Kier alpha value is -1.59. The van der Waals surface area contributed by atoms with Gasteiger partial charge in [-0.3, -0.25) is 4.79 Å². The second-order valence-corrected chi connectivity index (χ2v) is 4.82. The number of benzene rings is 1. The third kappa shape index (κ3) is 2.72. The molecule has 0 radical (unpaired) electrons. The molecule has 0 spiro atoms. The van der Waals surface area contributed by atoms with Gasteiger partial charge in [0.2, 0.25) is 0 Å². The van der Waals surface area contributed by atoms with Gasteiger partial charge in [0, 0.05) is 18.7 Å². The van der Waals surface area contributed by atoms with Crippen LogP contribution in [0.1, 0.15) is 23.2 Å². The first kappa shape index (κ1) is 12.4. The van der Waals surface area contributed by atoms with E-state index in [9.17, 15) is 4.79 Å². The third-order valence-electron chi connectivity index (χ3n) is 3.14. The van der Waals surface area contributed by atoms with E-state index in [1.807, 2.05) is 0 Å². The van der Waals surface area contributed by atoms with Crippen molar-refractivity contribution in [1.82, 2.24) is 10.3 Å². The molecule has 2 aromatic rings. The number of nitrogens with one attached hydrogen (secondary N) is 1. The van der Waals surface area contributed by atoms with Crippen molar-refractivity contribution < 1.29 is 13.9 Å². The Kier molecular flexibility index (Phi) is 3.40. The van der Waals surface area contributed by atoms with E-state index < -0.39 is 0 Å². The maximum atomic E-state index is 12.0. The topological polar surface area (TPSA) is 64.4 Å². The van der Waals surface area contributed by atoms with E-state index in [-0.39, 0.29) is 17.4 Å². The third-order valence-corrected chi connectivity index (χ3v) is 3.30. The summed E-state index contributed by atoms with van der Waals surface area (Å²) in [6.45, 7) is 1.32. The molecule has 1 fully saturated rings. The Morgan fingerprint density at radius 1 is 1.53 bits per heavy atom. The molecule has 1 aromatic heterocycles. The maximum absolute atomic E-state index is 12.0. The summed E-state index contributed by atoms with van der Waals surface area (Å²) in [7, 11) is 0. The van der Waals surface area contributed by atoms with Gasteiger partial charge in [0.1, 0.15) is 5.52 Å². The fraction of sp³-hybridized carbons (Fsp3) is 0.385. The van der Waals surface area contributed by atoms with Crippen molar-refractivity contribution in [3.05, 3.63) is 29.1 Å². The minimum absolute atomic E-state index is 0.0758. The lowest BCUT2D eigenvalue weighted by molar-refractivity contribution is 0.0858. The molecule has 3 rings (SSSR count). The highest BCUT2D eigenvalue weighted by Gasteiger charge is 2.17. The zero-order valence-electron chi connectivity index (χ0n) is 10.2. The zero-order valence-corrected chi connectivity index (χ0v) is 10.9. The molecule has 100 valence electrons. The fourth-order valence-electron chi connectivity index (χ4n) is 2.15. The minimum Gasteiger partial charge on any atom is -0.428 e. The van der Waals surface area contributed by atoms with Gasteiger partial charge >= 0.3 is 0 Å². The van der Waals surface area contributed by atoms with Gasteiger partial charge < -0.3 is 14.5 Å². The first-order valence-corrected chi connectivity index (χ1v) is 6.56. The van der Waals surface area contributed by atoms with Crippen molar-refractivity contribution >= 4 is 28.6 Å². The lowest BCUT2D eigenvalue weighted by atomic mass is 10.2. The fourth-order valence-corrected chi connectivity index (χ4v) is 2.33. The van der Waals surface area contributed by atoms with Crippen molar-refractivity contribution in [2.75, 3.05) is 13.2 Å². The molecule has 0 aliphatic carbocycles. The van der Waals surface area contributed by atoms with Crippen LogP contribution in [0.15, 0.2) is 22.6 Å². The molecular weight excluding hydrogens is 268 g/mol. The molecule has 0 bridgehead atoms. The van der Waals surface area contributed by atoms with Gasteiger partial charge in [-0.05, 0) is 42.6 Å². The van der Waals surface area contributed by atoms with Crippen molar-refractivity contribution in [2.45, 2.75) is 18.9 Å². The molecule has 19 heavy (non-hydrogen) atoms. The van der Waals surface area contributed by atoms with Crippen molar-refractivity contribution in [3.8, 4) is 0 Å². The van der Waals surface area contributed by atoms with Crippen LogP contribution in [0.5, 0.6) is 0 Å². The number of rotatable bonds is 3. The van der Waals surface area contributed by atoms with Crippen LogP contribution in [-0.4, -0.2) is 30.1 Å². The maximum Gasteiger partial charge on any atom is 0.293 e. The van der Waals surface area contributed by atoms with Crippen LogP contribution in [0.4, 0.5) is 0 Å². The Labute approximate surface area is 114 Å². The zero-order chi connectivity index (χ0) is 13.2. The first-order chi connectivity index (χ1) is 9.22. The molecule has 1 amide bonds. The quantitative estimate of drug-likeness (QED) is 0.937. The lowest BCUT2D eigenvalue weighted by Crippen LogP contribution is -2.31. The number of fused-ring (bicyclic) bond motifs is 1. The number of ether oxygens (including phenoxy) is 1. The van der Waals surface area contributed by atoms with Gasteiger partial charge in [-0.1, -0.05) is 0 Å². The van der Waals surface area contributed by atoms with E-state index in [0.717, 1.165) is 19.4 Å². The van der Waals surface area contributed by atoms with Gasteiger partial charge in [-0.15, -0.1) is 0 Å². The Balaban J connectivity index is 1.69. The summed E-state index contributed by atoms with van der Waals surface area (Å²) in [5.41, 5.74) is 1.67. The number of carbonyl (C=O) groups is 1. The largest absolute Gasteiger partial charge is 0.428 e. The van der Waals surface area contributed by atoms with Crippen LogP contribution in [0.2, 0.25) is 5.35 Å². The van der Waals surface area contributed by atoms with E-state index in [1.165, 1.54) is 0 Å². The molecule has 1 unspecified atom stereocenters. The Morgan fingerprint density at radius 3 is 3.21 bits per heavy atom. The summed E-state index contributed by atoms with van der Waals surface area (Å²) >= 11 is 5.67. The van der Waals surface area contributed by atoms with Crippen LogP contribution in [0.3, 0.4) is 0 Å². The summed E-state index contributed by atoms with van der Waals surface area (Å²) in [5, 5.41) is 2.93. The number of hydrogen-bond acceptors (Lipinski definition) is 4. The van der Waals surface area contributed by atoms with E-state index in [1.54, 1.807) is 18.2 Å². The average Bonchev–Trinajstić information content (AvgIpc) is 3.02. The highest BCUT2D eigenvalue weighted by atomic mass is 35.5. The van der Waals surface area contributed by atoms with Gasteiger partial charge in [0.25, 0.3) is 11.3 Å². The predicted octanol–water partition coefficient (Wildman–Crippen LogP) is 2.39. The van der Waals surface area contributed by atoms with Gasteiger partial charge in [0.15, 0.2) is 5.58 Å². The number of nitrogens with zero attached hydrogens (tertiary/aromatic N) is 1. The Bertz CT molecular complexity index is 605. The van der Waals surface area contributed by atoms with E-state index in [4.69, 9.17) is 20.8 Å². The summed E-state index contributed by atoms with van der Waals surface area (Å²) in [4.78, 5) is 16.0. The molecule has 5 nitrogen and oxygen atoms in total. The van der Waals surface area contributed by atoms with E-state index in [0.29, 0.717) is 23.2 Å². The number of amides is 1. The molecule has 1 aromatic carbocycles. The van der Waals surface area contributed by atoms with Crippen LogP contribution in [-0.2, 0) is 4.74 Å². The number of halogens is 1. The normalized spacial score (nSPS) is 18.9. The summed E-state index contributed by atoms with van der Waals surface area (Å²) in [5.74, 6) is -0.148. The van der Waals surface area contributed by atoms with Crippen LogP contribution in [0.25, 0.3) is 11.1 Å². The highest BCUT2D eigenvalue weighted by Crippen LogP contribution is 2.20. The molecule has 1 saturated heterocycles. The molecule has 1 N–H and O–H groups in total. The van der Waals surface area contributed by atoms with Crippen LogP contribution >= 0.6 is 11.6 Å². The second kappa shape index (κ2) is 5.19. The number of oxazole rings is 1. The van der Waals surface area contributed by atoms with E-state index >= 15 is 0 Å². The first-order valence-electron chi connectivity index (χ1n) is 6.18. The molecule has 1 aliphatic heterocycles. The van der Waals surface area contributed by atoms with Crippen molar-refractivity contribution in [3.63, 3.8) is 0 Å². The lowest BCUT2D eigenvalue weighted by Gasteiger charge is -2.10. The summed E-state index contributed by atoms with van der Waals surface area (Å²) in [6, 6.07) is 5.05. The molecule has 1 aliphatic rings. The monoisotopic (exact) mass is 280 g/mol. The predicted molar refractivity (Wildman–Crippen MR) is 70.3 cm³/mol. The number of carbonyl (C=O) groups excluding carboxylic acids is 1. The molecule has 0 saturated carbocycles. The number of aromatic nitrogens is 1. The second-order valence-electron chi connectivity index (χ2n) is 4.49. The van der Waals surface area contributed by atoms with Gasteiger partial charge in [0.05, 0.1) is 6.10 Å². The van der Waals surface area contributed by atoms with Crippen molar-refractivity contribution in [2.24, 2.45) is 0 Å². The average molecular weight is 281 g/mol. The van der Waals surface area contributed by atoms with Crippen LogP contribution < -0.4 is 5.32 Å². The minimum atomic E-state index is -0.148. The van der Waals surface area contributed by atoms with Gasteiger partial charge in [-0.25, -0.2) is 0 Å². The van der Waals surface area contributed by atoms with Crippen LogP contribution in [0, 0.1) is 0 Å². The molecule has 2 heterocycles. The molecular formula is C13H13ClN2O3. The smallest absolute Gasteiger partial charge is 0.293 e. The van der Waals surface area contributed by atoms with E-state index in [2.05, 4.69) is 10.3 Å². The van der Waals surface area contributed by atoms with Gasteiger partial charge in [-0.2, -0.15) is 4.98 Å². The summed E-state index contributed by atoms with van der Waals surface area (Å²) < 4.78 is 10.6. The molecule has 1 atom stereocenters.